The van der Waals surface area contributed by atoms with E-state index in [9.17, 15) is 4.79 Å². The molecule has 1 saturated heterocycles. The molecule has 0 aliphatic carbocycles. The summed E-state index contributed by atoms with van der Waals surface area (Å²) < 4.78 is 0. The minimum absolute atomic E-state index is 0.0463. The molecule has 2 rings (SSSR count). The van der Waals surface area contributed by atoms with E-state index in [2.05, 4.69) is 5.43 Å². The van der Waals surface area contributed by atoms with E-state index < -0.39 is 0 Å². The third-order valence-electron chi connectivity index (χ3n) is 3.15. The van der Waals surface area contributed by atoms with Crippen molar-refractivity contribution < 1.29 is 4.79 Å². The molecule has 0 unspecified atom stereocenters. The van der Waals surface area contributed by atoms with E-state index in [1.807, 2.05) is 18.0 Å². The maximum Gasteiger partial charge on any atom is 0.265 e. The Morgan fingerprint density at radius 3 is 2.65 bits per heavy atom. The van der Waals surface area contributed by atoms with Crippen molar-refractivity contribution in [2.24, 2.45) is 0 Å². The predicted octanol–water partition coefficient (Wildman–Crippen LogP) is 1.71. The van der Waals surface area contributed by atoms with Gasteiger partial charge in [-0.2, -0.15) is 0 Å². The molecular weight excluding hydrogens is 214 g/mol. The second-order valence-electron chi connectivity index (χ2n) is 4.56. The largest absolute Gasteiger partial charge is 0.399 e. The lowest BCUT2D eigenvalue weighted by Crippen LogP contribution is -2.45. The van der Waals surface area contributed by atoms with E-state index in [1.165, 1.54) is 6.42 Å². The van der Waals surface area contributed by atoms with Crippen molar-refractivity contribution in [2.45, 2.75) is 26.2 Å². The van der Waals surface area contributed by atoms with Crippen molar-refractivity contribution in [1.82, 2.24) is 10.4 Å². The molecule has 1 heterocycles. The molecule has 1 aromatic rings. The van der Waals surface area contributed by atoms with E-state index in [0.29, 0.717) is 5.56 Å². The molecule has 1 aromatic carbocycles. The highest BCUT2D eigenvalue weighted by Gasteiger charge is 2.14. The van der Waals surface area contributed by atoms with Gasteiger partial charge in [0, 0.05) is 24.3 Å². The molecule has 3 N–H and O–H groups in total. The van der Waals surface area contributed by atoms with E-state index in [1.54, 1.807) is 12.1 Å². The van der Waals surface area contributed by atoms with Gasteiger partial charge in [0.15, 0.2) is 0 Å². The summed E-state index contributed by atoms with van der Waals surface area (Å²) in [6.07, 6.45) is 3.56. The van der Waals surface area contributed by atoms with Crippen LogP contribution in [0.2, 0.25) is 0 Å². The van der Waals surface area contributed by atoms with Crippen LogP contribution >= 0.6 is 0 Å². The fourth-order valence-electron chi connectivity index (χ4n) is 2.03. The SMILES string of the molecule is Cc1cc(C(=O)NN2CCCCC2)ccc1N. The number of nitrogens with zero attached hydrogens (tertiary/aromatic N) is 1. The van der Waals surface area contributed by atoms with Crippen molar-refractivity contribution in [3.63, 3.8) is 0 Å². The molecule has 0 spiro atoms. The number of hydrogen-bond donors (Lipinski definition) is 2. The number of nitrogen functional groups attached to an aromatic ring is 1. The normalized spacial score (nSPS) is 16.8. The summed E-state index contributed by atoms with van der Waals surface area (Å²) in [6.45, 7) is 3.80. The van der Waals surface area contributed by atoms with Crippen LogP contribution in [-0.4, -0.2) is 24.0 Å². The van der Waals surface area contributed by atoms with E-state index in [0.717, 1.165) is 37.2 Å². The number of carbonyl (C=O) groups is 1. The Bertz CT molecular complexity index is 411. The highest BCUT2D eigenvalue weighted by Crippen LogP contribution is 2.13. The molecule has 17 heavy (non-hydrogen) atoms. The lowest BCUT2D eigenvalue weighted by Gasteiger charge is -2.26. The summed E-state index contributed by atoms with van der Waals surface area (Å²) in [5, 5.41) is 2.00. The van der Waals surface area contributed by atoms with Gasteiger partial charge in [-0.25, -0.2) is 5.01 Å². The summed E-state index contributed by atoms with van der Waals surface area (Å²) in [4.78, 5) is 12.0. The maximum absolute atomic E-state index is 12.0. The average molecular weight is 233 g/mol. The lowest BCUT2D eigenvalue weighted by molar-refractivity contribution is 0.0750. The Hall–Kier alpha value is -1.55. The molecule has 0 saturated carbocycles. The molecule has 4 heteroatoms. The molecular formula is C13H19N3O. The van der Waals surface area contributed by atoms with Crippen LogP contribution in [0.1, 0.15) is 35.2 Å². The fraction of sp³-hybridized carbons (Fsp3) is 0.462. The van der Waals surface area contributed by atoms with Crippen LogP contribution in [0.5, 0.6) is 0 Å². The topological polar surface area (TPSA) is 58.4 Å². The first-order valence-corrected chi connectivity index (χ1v) is 6.09. The van der Waals surface area contributed by atoms with Crippen molar-refractivity contribution in [2.75, 3.05) is 18.8 Å². The number of benzene rings is 1. The number of rotatable bonds is 2. The smallest absolute Gasteiger partial charge is 0.265 e. The van der Waals surface area contributed by atoms with Gasteiger partial charge in [0.1, 0.15) is 0 Å². The number of nitrogens with one attached hydrogen (secondary N) is 1. The van der Waals surface area contributed by atoms with Crippen LogP contribution < -0.4 is 11.2 Å². The number of aryl methyl sites for hydroxylation is 1. The van der Waals surface area contributed by atoms with Gasteiger partial charge < -0.3 is 5.73 Å². The minimum atomic E-state index is -0.0463. The molecule has 1 aliphatic heterocycles. The first-order chi connectivity index (χ1) is 8.16. The highest BCUT2D eigenvalue weighted by atomic mass is 16.2. The lowest BCUT2D eigenvalue weighted by atomic mass is 10.1. The summed E-state index contributed by atoms with van der Waals surface area (Å²) >= 11 is 0. The van der Waals surface area contributed by atoms with Gasteiger partial charge in [-0.3, -0.25) is 10.2 Å². The number of piperidine rings is 1. The fourth-order valence-corrected chi connectivity index (χ4v) is 2.03. The van der Waals surface area contributed by atoms with Gasteiger partial charge in [-0.1, -0.05) is 6.42 Å². The third kappa shape index (κ3) is 2.97. The predicted molar refractivity (Wildman–Crippen MR) is 68.5 cm³/mol. The number of amides is 1. The van der Waals surface area contributed by atoms with Gasteiger partial charge in [0.05, 0.1) is 0 Å². The van der Waals surface area contributed by atoms with Crippen molar-refractivity contribution in [1.29, 1.82) is 0 Å². The van der Waals surface area contributed by atoms with Crippen molar-refractivity contribution >= 4 is 11.6 Å². The molecule has 0 atom stereocenters. The zero-order valence-corrected chi connectivity index (χ0v) is 10.2. The monoisotopic (exact) mass is 233 g/mol. The van der Waals surface area contributed by atoms with Gasteiger partial charge in [-0.15, -0.1) is 0 Å². The minimum Gasteiger partial charge on any atom is -0.399 e. The van der Waals surface area contributed by atoms with Crippen LogP contribution in [0.25, 0.3) is 0 Å². The standard InChI is InChI=1S/C13H19N3O/c1-10-9-11(5-6-12(10)14)13(17)15-16-7-3-2-4-8-16/h5-6,9H,2-4,7-8,14H2,1H3,(H,15,17). The zero-order chi connectivity index (χ0) is 12.3. The van der Waals surface area contributed by atoms with Gasteiger partial charge in [0.25, 0.3) is 5.91 Å². The number of anilines is 1. The summed E-state index contributed by atoms with van der Waals surface area (Å²) in [5.74, 6) is -0.0463. The summed E-state index contributed by atoms with van der Waals surface area (Å²) in [6, 6.07) is 5.37. The third-order valence-corrected chi connectivity index (χ3v) is 3.15. The zero-order valence-electron chi connectivity index (χ0n) is 10.2. The van der Waals surface area contributed by atoms with E-state index in [-0.39, 0.29) is 5.91 Å². The van der Waals surface area contributed by atoms with Crippen LogP contribution in [0, 0.1) is 6.92 Å². The Morgan fingerprint density at radius 1 is 1.29 bits per heavy atom. The van der Waals surface area contributed by atoms with Crippen molar-refractivity contribution in [3.8, 4) is 0 Å². The van der Waals surface area contributed by atoms with Crippen LogP contribution in [0.4, 0.5) is 5.69 Å². The second-order valence-corrected chi connectivity index (χ2v) is 4.56. The first-order valence-electron chi connectivity index (χ1n) is 6.09. The Balaban J connectivity index is 2.01. The van der Waals surface area contributed by atoms with E-state index in [4.69, 9.17) is 5.73 Å². The van der Waals surface area contributed by atoms with Crippen LogP contribution in [-0.2, 0) is 0 Å². The average Bonchev–Trinajstić information content (AvgIpc) is 2.34. The molecule has 1 aliphatic rings. The van der Waals surface area contributed by atoms with Gasteiger partial charge >= 0.3 is 0 Å². The molecule has 0 radical (unpaired) electrons. The molecule has 1 fully saturated rings. The Kier molecular flexibility index (Phi) is 3.64. The molecule has 4 nitrogen and oxygen atoms in total. The summed E-state index contributed by atoms with van der Waals surface area (Å²) in [7, 11) is 0. The first kappa shape index (κ1) is 11.9. The van der Waals surface area contributed by atoms with E-state index >= 15 is 0 Å². The molecule has 0 bridgehead atoms. The number of nitrogens with two attached hydrogens (primary N) is 1. The van der Waals surface area contributed by atoms with Gasteiger partial charge in [0.2, 0.25) is 0 Å². The second kappa shape index (κ2) is 5.19. The quantitative estimate of drug-likeness (QED) is 0.764. The van der Waals surface area contributed by atoms with Crippen LogP contribution in [0.3, 0.4) is 0 Å². The van der Waals surface area contributed by atoms with Gasteiger partial charge in [-0.05, 0) is 43.5 Å². The number of carbonyl (C=O) groups excluding carboxylic acids is 1. The van der Waals surface area contributed by atoms with Crippen LogP contribution in [0.15, 0.2) is 18.2 Å². The van der Waals surface area contributed by atoms with Crippen molar-refractivity contribution in [3.05, 3.63) is 29.3 Å². The molecule has 0 aromatic heterocycles. The molecule has 92 valence electrons. The Labute approximate surface area is 102 Å². The summed E-state index contributed by atoms with van der Waals surface area (Å²) in [5.41, 5.74) is 11.0. The maximum atomic E-state index is 12.0. The number of hydrogen-bond acceptors (Lipinski definition) is 3. The number of hydrazine groups is 1. The molecule has 1 amide bonds. The highest BCUT2D eigenvalue weighted by molar-refractivity contribution is 5.94. The Morgan fingerprint density at radius 2 is 2.00 bits per heavy atom.